The van der Waals surface area contributed by atoms with Gasteiger partial charge in [-0.3, -0.25) is 0 Å². The monoisotopic (exact) mass is 224 g/mol. The molecule has 0 amide bonds. The Hall–Kier alpha value is -0.410. The van der Waals surface area contributed by atoms with Gasteiger partial charge in [-0.2, -0.15) is 0 Å². The van der Waals surface area contributed by atoms with Crippen LogP contribution in [0.2, 0.25) is 0 Å². The Bertz CT molecular complexity index is 265. The van der Waals surface area contributed by atoms with Gasteiger partial charge >= 0.3 is 0 Å². The SMILES string of the molecule is CNC(Cc1nccs1)C1CCCCC1. The predicted molar refractivity (Wildman–Crippen MR) is 65.2 cm³/mol. The molecule has 1 saturated carbocycles. The molecule has 1 fully saturated rings. The maximum absolute atomic E-state index is 4.38. The number of hydrogen-bond acceptors (Lipinski definition) is 3. The molecule has 1 unspecified atom stereocenters. The minimum atomic E-state index is 0.636. The van der Waals surface area contributed by atoms with Crippen LogP contribution in [0.15, 0.2) is 11.6 Å². The van der Waals surface area contributed by atoms with Crippen molar-refractivity contribution in [2.24, 2.45) is 5.92 Å². The molecule has 1 heterocycles. The van der Waals surface area contributed by atoms with Crippen LogP contribution in [-0.2, 0) is 6.42 Å². The fourth-order valence-electron chi connectivity index (χ4n) is 2.58. The largest absolute Gasteiger partial charge is 0.316 e. The van der Waals surface area contributed by atoms with E-state index in [-0.39, 0.29) is 0 Å². The van der Waals surface area contributed by atoms with Gasteiger partial charge in [0.15, 0.2) is 0 Å². The minimum Gasteiger partial charge on any atom is -0.316 e. The molecule has 0 saturated heterocycles. The van der Waals surface area contributed by atoms with Crippen LogP contribution in [0.25, 0.3) is 0 Å². The highest BCUT2D eigenvalue weighted by Crippen LogP contribution is 2.28. The zero-order valence-corrected chi connectivity index (χ0v) is 10.2. The van der Waals surface area contributed by atoms with Crippen molar-refractivity contribution >= 4 is 11.3 Å². The van der Waals surface area contributed by atoms with Gasteiger partial charge in [0.05, 0.1) is 5.01 Å². The molecule has 1 N–H and O–H groups in total. The topological polar surface area (TPSA) is 24.9 Å². The van der Waals surface area contributed by atoms with E-state index < -0.39 is 0 Å². The first-order valence-electron chi connectivity index (χ1n) is 5.96. The van der Waals surface area contributed by atoms with Crippen LogP contribution in [0.3, 0.4) is 0 Å². The second-order valence-corrected chi connectivity index (χ2v) is 5.40. The van der Waals surface area contributed by atoms with Gasteiger partial charge in [-0.25, -0.2) is 4.98 Å². The summed E-state index contributed by atoms with van der Waals surface area (Å²) < 4.78 is 0. The number of hydrogen-bond donors (Lipinski definition) is 1. The van der Waals surface area contributed by atoms with Crippen LogP contribution < -0.4 is 5.32 Å². The highest BCUT2D eigenvalue weighted by atomic mass is 32.1. The average Bonchev–Trinajstić information content (AvgIpc) is 2.80. The Morgan fingerprint density at radius 3 is 2.87 bits per heavy atom. The van der Waals surface area contributed by atoms with Crippen LogP contribution in [0, 0.1) is 5.92 Å². The molecular weight excluding hydrogens is 204 g/mol. The minimum absolute atomic E-state index is 0.636. The first-order valence-corrected chi connectivity index (χ1v) is 6.83. The second kappa shape index (κ2) is 5.61. The summed E-state index contributed by atoms with van der Waals surface area (Å²) in [5.41, 5.74) is 0. The highest BCUT2D eigenvalue weighted by molar-refractivity contribution is 7.09. The lowest BCUT2D eigenvalue weighted by Gasteiger charge is -2.29. The third-order valence-electron chi connectivity index (χ3n) is 3.47. The highest BCUT2D eigenvalue weighted by Gasteiger charge is 2.22. The summed E-state index contributed by atoms with van der Waals surface area (Å²) in [5, 5.41) is 6.83. The molecule has 0 spiro atoms. The molecule has 84 valence electrons. The summed E-state index contributed by atoms with van der Waals surface area (Å²) in [6.45, 7) is 0. The smallest absolute Gasteiger partial charge is 0.0940 e. The molecule has 1 aromatic rings. The summed E-state index contributed by atoms with van der Waals surface area (Å²) >= 11 is 1.78. The van der Waals surface area contributed by atoms with Gasteiger partial charge in [-0.1, -0.05) is 19.3 Å². The van der Waals surface area contributed by atoms with Crippen LogP contribution in [-0.4, -0.2) is 18.1 Å². The lowest BCUT2D eigenvalue weighted by Crippen LogP contribution is -2.36. The summed E-state index contributed by atoms with van der Waals surface area (Å²) in [4.78, 5) is 4.38. The average molecular weight is 224 g/mol. The maximum Gasteiger partial charge on any atom is 0.0940 e. The molecule has 1 aromatic heterocycles. The maximum atomic E-state index is 4.38. The van der Waals surface area contributed by atoms with Gasteiger partial charge in [0.1, 0.15) is 0 Å². The predicted octanol–water partition coefficient (Wildman–Crippen LogP) is 2.85. The van der Waals surface area contributed by atoms with Crippen LogP contribution >= 0.6 is 11.3 Å². The number of aromatic nitrogens is 1. The standard InChI is InChI=1S/C12H20N2S/c1-13-11(9-12-14-7-8-15-12)10-5-3-2-4-6-10/h7-8,10-11,13H,2-6,9H2,1H3. The van der Waals surface area contributed by atoms with Crippen molar-refractivity contribution in [3.8, 4) is 0 Å². The van der Waals surface area contributed by atoms with Crippen molar-refractivity contribution in [3.63, 3.8) is 0 Å². The van der Waals surface area contributed by atoms with Gasteiger partial charge in [0, 0.05) is 24.0 Å². The molecule has 1 aliphatic rings. The number of nitrogens with one attached hydrogen (secondary N) is 1. The summed E-state index contributed by atoms with van der Waals surface area (Å²) in [7, 11) is 2.09. The van der Waals surface area contributed by atoms with Gasteiger partial charge in [-0.15, -0.1) is 11.3 Å². The first-order chi connectivity index (χ1) is 7.40. The van der Waals surface area contributed by atoms with Crippen molar-refractivity contribution in [3.05, 3.63) is 16.6 Å². The molecule has 0 bridgehead atoms. The van der Waals surface area contributed by atoms with Gasteiger partial charge in [0.2, 0.25) is 0 Å². The summed E-state index contributed by atoms with van der Waals surface area (Å²) in [6.07, 6.45) is 10.1. The van der Waals surface area contributed by atoms with E-state index in [1.807, 2.05) is 6.20 Å². The van der Waals surface area contributed by atoms with E-state index >= 15 is 0 Å². The summed E-state index contributed by atoms with van der Waals surface area (Å²) in [5.74, 6) is 0.868. The van der Waals surface area contributed by atoms with Crippen molar-refractivity contribution in [2.75, 3.05) is 7.05 Å². The molecule has 15 heavy (non-hydrogen) atoms. The van der Waals surface area contributed by atoms with E-state index in [0.29, 0.717) is 6.04 Å². The third-order valence-corrected chi connectivity index (χ3v) is 4.27. The van der Waals surface area contributed by atoms with Crippen molar-refractivity contribution < 1.29 is 0 Å². The number of rotatable bonds is 4. The van der Waals surface area contributed by atoms with E-state index in [4.69, 9.17) is 0 Å². The fraction of sp³-hybridized carbons (Fsp3) is 0.750. The molecule has 1 atom stereocenters. The number of nitrogens with zero attached hydrogens (tertiary/aromatic N) is 1. The van der Waals surface area contributed by atoms with Crippen molar-refractivity contribution in [1.29, 1.82) is 0 Å². The van der Waals surface area contributed by atoms with Crippen LogP contribution in [0.1, 0.15) is 37.1 Å². The Balaban J connectivity index is 1.91. The van der Waals surface area contributed by atoms with Crippen molar-refractivity contribution in [1.82, 2.24) is 10.3 Å². The second-order valence-electron chi connectivity index (χ2n) is 4.42. The first kappa shape index (κ1) is 11.1. The number of likely N-dealkylation sites (N-methyl/N-ethyl adjacent to an activating group) is 1. The molecule has 2 rings (SSSR count). The molecule has 0 aliphatic heterocycles. The van der Waals surface area contributed by atoms with E-state index in [2.05, 4.69) is 22.7 Å². The van der Waals surface area contributed by atoms with Gasteiger partial charge < -0.3 is 5.32 Å². The summed E-state index contributed by atoms with van der Waals surface area (Å²) in [6, 6.07) is 0.636. The normalized spacial score (nSPS) is 20.3. The zero-order valence-electron chi connectivity index (χ0n) is 9.41. The lowest BCUT2D eigenvalue weighted by molar-refractivity contribution is 0.276. The molecule has 0 radical (unpaired) electrons. The molecule has 1 aliphatic carbocycles. The van der Waals surface area contributed by atoms with Crippen LogP contribution in [0.4, 0.5) is 0 Å². The Kier molecular flexibility index (Phi) is 4.15. The van der Waals surface area contributed by atoms with E-state index in [1.165, 1.54) is 37.1 Å². The van der Waals surface area contributed by atoms with E-state index in [9.17, 15) is 0 Å². The van der Waals surface area contributed by atoms with Gasteiger partial charge in [-0.05, 0) is 25.8 Å². The van der Waals surface area contributed by atoms with E-state index in [1.54, 1.807) is 11.3 Å². The molecular formula is C12H20N2S. The Morgan fingerprint density at radius 1 is 1.47 bits per heavy atom. The van der Waals surface area contributed by atoms with Crippen LogP contribution in [0.5, 0.6) is 0 Å². The van der Waals surface area contributed by atoms with Gasteiger partial charge in [0.25, 0.3) is 0 Å². The molecule has 2 nitrogen and oxygen atoms in total. The molecule has 0 aromatic carbocycles. The van der Waals surface area contributed by atoms with E-state index in [0.717, 1.165) is 12.3 Å². The molecule has 3 heteroatoms. The third kappa shape index (κ3) is 3.02. The Morgan fingerprint density at radius 2 is 2.27 bits per heavy atom. The zero-order chi connectivity index (χ0) is 10.5. The van der Waals surface area contributed by atoms with Crippen molar-refractivity contribution in [2.45, 2.75) is 44.6 Å². The number of thiazole rings is 1. The fourth-order valence-corrected chi connectivity index (χ4v) is 3.26. The lowest BCUT2D eigenvalue weighted by atomic mass is 9.83. The quantitative estimate of drug-likeness (QED) is 0.850. The Labute approximate surface area is 96.1 Å².